The first kappa shape index (κ1) is 15.8. The third-order valence-corrected chi connectivity index (χ3v) is 4.57. The fourth-order valence-corrected chi connectivity index (χ4v) is 3.06. The SMILES string of the molecule is CC1CC(=O)NN=C1c1ccc2oc(Nc3ccc(Br)cc3)nc2c1. The van der Waals surface area contributed by atoms with Gasteiger partial charge in [-0.1, -0.05) is 22.9 Å². The predicted molar refractivity (Wildman–Crippen MR) is 99.9 cm³/mol. The second-order valence-electron chi connectivity index (χ2n) is 5.97. The van der Waals surface area contributed by atoms with Gasteiger partial charge in [-0.05, 0) is 42.5 Å². The quantitative estimate of drug-likeness (QED) is 0.692. The van der Waals surface area contributed by atoms with E-state index in [9.17, 15) is 4.79 Å². The number of carbonyl (C=O) groups is 1. The minimum absolute atomic E-state index is 0.0558. The summed E-state index contributed by atoms with van der Waals surface area (Å²) in [6.45, 7) is 1.99. The van der Waals surface area contributed by atoms with E-state index in [1.54, 1.807) is 0 Å². The lowest BCUT2D eigenvalue weighted by Crippen LogP contribution is -2.31. The highest BCUT2D eigenvalue weighted by Crippen LogP contribution is 2.25. The minimum Gasteiger partial charge on any atom is -0.423 e. The van der Waals surface area contributed by atoms with E-state index in [-0.39, 0.29) is 11.8 Å². The molecule has 1 aliphatic heterocycles. The maximum atomic E-state index is 11.4. The van der Waals surface area contributed by atoms with Crippen molar-refractivity contribution in [2.75, 3.05) is 5.32 Å². The molecule has 126 valence electrons. The monoisotopic (exact) mass is 398 g/mol. The predicted octanol–water partition coefficient (Wildman–Crippen LogP) is 4.19. The molecule has 0 saturated carbocycles. The van der Waals surface area contributed by atoms with Gasteiger partial charge in [0, 0.05) is 28.1 Å². The Morgan fingerprint density at radius 3 is 2.80 bits per heavy atom. The lowest BCUT2D eigenvalue weighted by Gasteiger charge is -2.18. The Balaban J connectivity index is 1.63. The Kier molecular flexibility index (Phi) is 4.01. The summed E-state index contributed by atoms with van der Waals surface area (Å²) in [6.07, 6.45) is 0.437. The molecule has 2 N–H and O–H groups in total. The van der Waals surface area contributed by atoms with Crippen molar-refractivity contribution in [3.05, 3.63) is 52.5 Å². The highest BCUT2D eigenvalue weighted by molar-refractivity contribution is 9.10. The van der Waals surface area contributed by atoms with Gasteiger partial charge in [-0.25, -0.2) is 5.43 Å². The van der Waals surface area contributed by atoms with Crippen molar-refractivity contribution in [3.63, 3.8) is 0 Å². The molecule has 6 nitrogen and oxygen atoms in total. The molecule has 25 heavy (non-hydrogen) atoms. The molecule has 4 rings (SSSR count). The van der Waals surface area contributed by atoms with Gasteiger partial charge in [0.2, 0.25) is 5.91 Å². The number of halogens is 1. The Labute approximate surface area is 152 Å². The third-order valence-electron chi connectivity index (χ3n) is 4.04. The van der Waals surface area contributed by atoms with Gasteiger partial charge >= 0.3 is 0 Å². The molecule has 2 aromatic carbocycles. The minimum atomic E-state index is -0.0558. The number of rotatable bonds is 3. The Morgan fingerprint density at radius 2 is 2.04 bits per heavy atom. The standard InChI is InChI=1S/C18H15BrN4O2/c1-10-8-16(24)22-23-17(10)11-2-7-15-14(9-11)21-18(25-15)20-13-5-3-12(19)4-6-13/h2-7,9-10H,8H2,1H3,(H,20,21)(H,22,24). The number of hydrogen-bond acceptors (Lipinski definition) is 5. The van der Waals surface area contributed by atoms with Gasteiger partial charge in [-0.2, -0.15) is 10.1 Å². The van der Waals surface area contributed by atoms with Crippen LogP contribution in [0, 0.1) is 5.92 Å². The zero-order valence-electron chi connectivity index (χ0n) is 13.4. The maximum Gasteiger partial charge on any atom is 0.300 e. The van der Waals surface area contributed by atoms with Gasteiger partial charge in [0.05, 0.1) is 5.71 Å². The van der Waals surface area contributed by atoms with E-state index in [4.69, 9.17) is 4.42 Å². The Hall–Kier alpha value is -2.67. The second-order valence-corrected chi connectivity index (χ2v) is 6.89. The zero-order chi connectivity index (χ0) is 17.4. The fraction of sp³-hybridized carbons (Fsp3) is 0.167. The molecule has 0 radical (unpaired) electrons. The van der Waals surface area contributed by atoms with Crippen molar-refractivity contribution in [1.82, 2.24) is 10.4 Å². The average Bonchev–Trinajstić information content (AvgIpc) is 2.98. The first-order valence-corrected chi connectivity index (χ1v) is 8.68. The van der Waals surface area contributed by atoms with E-state index < -0.39 is 0 Å². The van der Waals surface area contributed by atoms with Crippen LogP contribution in [0.15, 0.2) is 56.5 Å². The summed E-state index contributed by atoms with van der Waals surface area (Å²) in [5, 5.41) is 7.34. The number of oxazole rings is 1. The number of amides is 1. The van der Waals surface area contributed by atoms with Crippen LogP contribution in [0.4, 0.5) is 11.7 Å². The van der Waals surface area contributed by atoms with E-state index in [1.807, 2.05) is 49.4 Å². The van der Waals surface area contributed by atoms with E-state index >= 15 is 0 Å². The summed E-state index contributed by atoms with van der Waals surface area (Å²) in [6, 6.07) is 13.9. The molecule has 3 aromatic rings. The first-order chi connectivity index (χ1) is 12.1. The molecule has 7 heteroatoms. The van der Waals surface area contributed by atoms with Crippen molar-refractivity contribution in [3.8, 4) is 0 Å². The van der Waals surface area contributed by atoms with Gasteiger partial charge < -0.3 is 9.73 Å². The number of anilines is 2. The van der Waals surface area contributed by atoms with E-state index in [1.165, 1.54) is 0 Å². The highest BCUT2D eigenvalue weighted by Gasteiger charge is 2.22. The summed E-state index contributed by atoms with van der Waals surface area (Å²) >= 11 is 3.41. The normalized spacial score (nSPS) is 17.3. The lowest BCUT2D eigenvalue weighted by molar-refractivity contribution is -0.121. The Bertz CT molecular complexity index is 978. The van der Waals surface area contributed by atoms with Crippen LogP contribution in [-0.2, 0) is 4.79 Å². The van der Waals surface area contributed by atoms with Crippen molar-refractivity contribution < 1.29 is 9.21 Å². The maximum absolute atomic E-state index is 11.4. The average molecular weight is 399 g/mol. The Morgan fingerprint density at radius 1 is 1.24 bits per heavy atom. The van der Waals surface area contributed by atoms with Gasteiger partial charge in [-0.15, -0.1) is 0 Å². The molecular weight excluding hydrogens is 384 g/mol. The van der Waals surface area contributed by atoms with E-state index in [2.05, 4.69) is 36.8 Å². The summed E-state index contributed by atoms with van der Waals surface area (Å²) in [7, 11) is 0. The van der Waals surface area contributed by atoms with Crippen molar-refractivity contribution in [2.45, 2.75) is 13.3 Å². The number of hydrazone groups is 1. The topological polar surface area (TPSA) is 79.5 Å². The van der Waals surface area contributed by atoms with Crippen molar-refractivity contribution >= 4 is 50.4 Å². The first-order valence-electron chi connectivity index (χ1n) is 7.88. The number of nitrogens with one attached hydrogen (secondary N) is 2. The van der Waals surface area contributed by atoms with Crippen LogP contribution >= 0.6 is 15.9 Å². The number of nitrogens with zero attached hydrogens (tertiary/aromatic N) is 2. The van der Waals surface area contributed by atoms with Gasteiger partial charge in [0.15, 0.2) is 5.58 Å². The van der Waals surface area contributed by atoms with Crippen LogP contribution in [0.5, 0.6) is 0 Å². The van der Waals surface area contributed by atoms with Crippen LogP contribution in [-0.4, -0.2) is 16.6 Å². The molecule has 1 unspecified atom stereocenters. The molecule has 1 aromatic heterocycles. The van der Waals surface area contributed by atoms with Gasteiger partial charge in [0.25, 0.3) is 6.01 Å². The molecule has 0 aliphatic carbocycles. The van der Waals surface area contributed by atoms with Crippen molar-refractivity contribution in [2.24, 2.45) is 11.0 Å². The number of fused-ring (bicyclic) bond motifs is 1. The largest absolute Gasteiger partial charge is 0.423 e. The molecule has 1 aliphatic rings. The molecule has 2 heterocycles. The van der Waals surface area contributed by atoms with Crippen LogP contribution in [0.25, 0.3) is 11.1 Å². The second kappa shape index (κ2) is 6.33. The molecule has 0 bridgehead atoms. The summed E-state index contributed by atoms with van der Waals surface area (Å²) < 4.78 is 6.75. The zero-order valence-corrected chi connectivity index (χ0v) is 15.0. The third kappa shape index (κ3) is 3.28. The molecule has 1 atom stereocenters. The number of benzene rings is 2. The smallest absolute Gasteiger partial charge is 0.300 e. The van der Waals surface area contributed by atoms with Gasteiger partial charge in [0.1, 0.15) is 5.52 Å². The molecule has 0 fully saturated rings. The van der Waals surface area contributed by atoms with Crippen molar-refractivity contribution in [1.29, 1.82) is 0 Å². The van der Waals surface area contributed by atoms with E-state index in [0.717, 1.165) is 27.0 Å². The van der Waals surface area contributed by atoms with Gasteiger partial charge in [-0.3, -0.25) is 4.79 Å². The lowest BCUT2D eigenvalue weighted by atomic mass is 9.94. The van der Waals surface area contributed by atoms with E-state index in [0.29, 0.717) is 18.0 Å². The number of carbonyl (C=O) groups excluding carboxylic acids is 1. The summed E-state index contributed by atoms with van der Waals surface area (Å²) in [5.41, 5.74) is 6.65. The summed E-state index contributed by atoms with van der Waals surface area (Å²) in [5.74, 6) is 0.0122. The number of hydrogen-bond donors (Lipinski definition) is 2. The summed E-state index contributed by atoms with van der Waals surface area (Å²) in [4.78, 5) is 15.9. The van der Waals surface area contributed by atoms with Crippen LogP contribution in [0.3, 0.4) is 0 Å². The van der Waals surface area contributed by atoms with Crippen LogP contribution < -0.4 is 10.7 Å². The fourth-order valence-electron chi connectivity index (χ4n) is 2.80. The highest BCUT2D eigenvalue weighted by atomic mass is 79.9. The molecule has 0 spiro atoms. The van der Waals surface area contributed by atoms with Crippen LogP contribution in [0.1, 0.15) is 18.9 Å². The number of aromatic nitrogens is 1. The molecular formula is C18H15BrN4O2. The molecule has 0 saturated heterocycles. The van der Waals surface area contributed by atoms with Crippen LogP contribution in [0.2, 0.25) is 0 Å². The molecule has 1 amide bonds.